The largest absolute Gasteiger partial charge is 0.490 e. The first-order valence-electron chi connectivity index (χ1n) is 10.0. The lowest BCUT2D eigenvalue weighted by Crippen LogP contribution is -2.58. The lowest BCUT2D eigenvalue weighted by atomic mass is 9.93. The van der Waals surface area contributed by atoms with Crippen molar-refractivity contribution in [2.75, 3.05) is 13.2 Å². The fraction of sp³-hybridized carbons (Fsp3) is 0.429. The number of aliphatic carboxylic acids is 1. The fourth-order valence-corrected chi connectivity index (χ4v) is 3.99. The third kappa shape index (κ3) is 5.16. The molecule has 4 amide bonds. The third-order valence-corrected chi connectivity index (χ3v) is 5.34. The minimum atomic E-state index is -1.18. The van der Waals surface area contributed by atoms with Crippen molar-refractivity contribution in [3.63, 3.8) is 0 Å². The molecule has 2 fully saturated rings. The highest BCUT2D eigenvalue weighted by molar-refractivity contribution is 6.33. The molecule has 2 N–H and O–H groups in total. The van der Waals surface area contributed by atoms with E-state index in [4.69, 9.17) is 26.2 Å². The molecule has 10 heteroatoms. The van der Waals surface area contributed by atoms with Crippen molar-refractivity contribution in [1.29, 1.82) is 0 Å². The van der Waals surface area contributed by atoms with Gasteiger partial charge >= 0.3 is 12.0 Å². The summed E-state index contributed by atoms with van der Waals surface area (Å²) in [6.07, 6.45) is 5.62. The van der Waals surface area contributed by atoms with E-state index in [9.17, 15) is 19.2 Å². The third-order valence-electron chi connectivity index (χ3n) is 5.06. The lowest BCUT2D eigenvalue weighted by Gasteiger charge is -2.35. The SMILES string of the molecule is CCOc1cc(C=C2C(=O)NC(=O)N(C3CCCCC3)C2=O)cc(Cl)c1OCC(=O)O. The zero-order valence-corrected chi connectivity index (χ0v) is 17.7. The Morgan fingerprint density at radius 1 is 1.23 bits per heavy atom. The molecule has 0 bridgehead atoms. The monoisotopic (exact) mass is 450 g/mol. The quantitative estimate of drug-likeness (QED) is 0.483. The summed E-state index contributed by atoms with van der Waals surface area (Å²) in [5.41, 5.74) is 0.176. The number of ether oxygens (including phenoxy) is 2. The molecule has 0 spiro atoms. The number of carbonyl (C=O) groups is 4. The van der Waals surface area contributed by atoms with Gasteiger partial charge in [-0.1, -0.05) is 30.9 Å². The molecule has 1 heterocycles. The number of carboxylic acids is 1. The first-order valence-corrected chi connectivity index (χ1v) is 10.4. The number of urea groups is 1. The van der Waals surface area contributed by atoms with E-state index in [0.29, 0.717) is 18.4 Å². The van der Waals surface area contributed by atoms with Gasteiger partial charge in [-0.15, -0.1) is 0 Å². The maximum Gasteiger partial charge on any atom is 0.341 e. The van der Waals surface area contributed by atoms with Gasteiger partial charge in [0.25, 0.3) is 11.8 Å². The maximum absolute atomic E-state index is 13.0. The minimum absolute atomic E-state index is 0.0477. The van der Waals surface area contributed by atoms with Crippen LogP contribution < -0.4 is 14.8 Å². The van der Waals surface area contributed by atoms with Gasteiger partial charge in [0.2, 0.25) is 0 Å². The fourth-order valence-electron chi connectivity index (χ4n) is 3.72. The Hall–Kier alpha value is -3.07. The average Bonchev–Trinajstić information content (AvgIpc) is 2.71. The maximum atomic E-state index is 13.0. The predicted molar refractivity (Wildman–Crippen MR) is 111 cm³/mol. The summed E-state index contributed by atoms with van der Waals surface area (Å²) in [7, 11) is 0. The smallest absolute Gasteiger partial charge is 0.341 e. The molecule has 0 aromatic heterocycles. The van der Waals surface area contributed by atoms with Gasteiger partial charge in [-0.25, -0.2) is 9.59 Å². The van der Waals surface area contributed by atoms with Crippen LogP contribution in [0.3, 0.4) is 0 Å². The normalized spacial score (nSPS) is 18.8. The molecular formula is C21H23ClN2O7. The Bertz CT molecular complexity index is 938. The van der Waals surface area contributed by atoms with Crippen molar-refractivity contribution in [3.8, 4) is 11.5 Å². The van der Waals surface area contributed by atoms with Crippen LogP contribution in [0.1, 0.15) is 44.6 Å². The topological polar surface area (TPSA) is 122 Å². The Morgan fingerprint density at radius 2 is 1.94 bits per heavy atom. The van der Waals surface area contributed by atoms with Crippen molar-refractivity contribution in [1.82, 2.24) is 10.2 Å². The standard InChI is InChI=1S/C21H23ClN2O7/c1-2-30-16-10-12(9-15(22)18(16)31-11-17(25)26)8-14-19(27)23-21(29)24(20(14)28)13-6-4-3-5-7-13/h8-10,13H,2-7,11H2,1H3,(H,25,26)(H,23,27,29). The molecule has 166 valence electrons. The van der Waals surface area contributed by atoms with Gasteiger partial charge in [0, 0.05) is 6.04 Å². The number of hydrogen-bond acceptors (Lipinski definition) is 6. The summed E-state index contributed by atoms with van der Waals surface area (Å²) in [5.74, 6) is -2.40. The lowest BCUT2D eigenvalue weighted by molar-refractivity contribution is -0.139. The van der Waals surface area contributed by atoms with Crippen LogP contribution in [0.15, 0.2) is 17.7 Å². The van der Waals surface area contributed by atoms with Gasteiger partial charge in [0.05, 0.1) is 11.6 Å². The number of hydrogen-bond donors (Lipinski definition) is 2. The number of nitrogens with zero attached hydrogens (tertiary/aromatic N) is 1. The number of rotatable bonds is 7. The van der Waals surface area contributed by atoms with Gasteiger partial charge < -0.3 is 14.6 Å². The van der Waals surface area contributed by atoms with Gasteiger partial charge in [-0.3, -0.25) is 19.8 Å². The Labute approximate surface area is 183 Å². The molecule has 3 rings (SSSR count). The molecule has 1 aliphatic carbocycles. The first-order chi connectivity index (χ1) is 14.8. The number of imide groups is 2. The highest BCUT2D eigenvalue weighted by atomic mass is 35.5. The Balaban J connectivity index is 1.94. The van der Waals surface area contributed by atoms with E-state index in [-0.39, 0.29) is 34.7 Å². The van der Waals surface area contributed by atoms with Crippen LogP contribution in [0.2, 0.25) is 5.02 Å². The van der Waals surface area contributed by atoms with Crippen LogP contribution >= 0.6 is 11.6 Å². The average molecular weight is 451 g/mol. The zero-order valence-electron chi connectivity index (χ0n) is 17.0. The molecule has 1 aromatic rings. The highest BCUT2D eigenvalue weighted by Crippen LogP contribution is 2.37. The van der Waals surface area contributed by atoms with Crippen LogP contribution in [-0.2, 0) is 14.4 Å². The molecule has 1 saturated carbocycles. The van der Waals surface area contributed by atoms with Crippen molar-refractivity contribution in [2.24, 2.45) is 0 Å². The zero-order chi connectivity index (χ0) is 22.5. The number of carboxylic acid groups (broad SMARTS) is 1. The van der Waals surface area contributed by atoms with Crippen LogP contribution in [0, 0.1) is 0 Å². The summed E-state index contributed by atoms with van der Waals surface area (Å²) in [6.45, 7) is 1.37. The second-order valence-electron chi connectivity index (χ2n) is 7.23. The van der Waals surface area contributed by atoms with E-state index >= 15 is 0 Å². The van der Waals surface area contributed by atoms with Crippen molar-refractivity contribution in [2.45, 2.75) is 45.1 Å². The molecule has 0 atom stereocenters. The van der Waals surface area contributed by atoms with Crippen molar-refractivity contribution < 1.29 is 33.8 Å². The molecule has 1 aromatic carbocycles. The molecule has 1 saturated heterocycles. The number of benzene rings is 1. The second kappa shape index (κ2) is 9.82. The van der Waals surface area contributed by atoms with E-state index in [2.05, 4.69) is 5.32 Å². The van der Waals surface area contributed by atoms with Gasteiger partial charge in [0.15, 0.2) is 18.1 Å². The van der Waals surface area contributed by atoms with Gasteiger partial charge in [-0.05, 0) is 43.5 Å². The minimum Gasteiger partial charge on any atom is -0.490 e. The van der Waals surface area contributed by atoms with E-state index in [1.807, 2.05) is 0 Å². The van der Waals surface area contributed by atoms with Crippen molar-refractivity contribution >= 4 is 41.5 Å². The van der Waals surface area contributed by atoms with Gasteiger partial charge in [0.1, 0.15) is 5.57 Å². The number of barbiturate groups is 1. The second-order valence-corrected chi connectivity index (χ2v) is 7.64. The molecule has 0 radical (unpaired) electrons. The van der Waals surface area contributed by atoms with E-state index in [1.165, 1.54) is 18.2 Å². The molecule has 0 unspecified atom stereocenters. The number of halogens is 1. The number of carbonyl (C=O) groups excluding carboxylic acids is 3. The molecular weight excluding hydrogens is 428 g/mol. The summed E-state index contributed by atoms with van der Waals surface area (Å²) >= 11 is 6.24. The highest BCUT2D eigenvalue weighted by Gasteiger charge is 2.40. The van der Waals surface area contributed by atoms with Crippen molar-refractivity contribution in [3.05, 3.63) is 28.3 Å². The van der Waals surface area contributed by atoms with E-state index in [1.54, 1.807) is 6.92 Å². The number of amides is 4. The molecule has 9 nitrogen and oxygen atoms in total. The van der Waals surface area contributed by atoms with E-state index < -0.39 is 30.4 Å². The molecule has 2 aliphatic rings. The van der Waals surface area contributed by atoms with Crippen LogP contribution in [0.4, 0.5) is 4.79 Å². The molecule has 31 heavy (non-hydrogen) atoms. The summed E-state index contributed by atoms with van der Waals surface area (Å²) < 4.78 is 10.7. The predicted octanol–water partition coefficient (Wildman–Crippen LogP) is 3.00. The van der Waals surface area contributed by atoms with Crippen LogP contribution in [0.5, 0.6) is 11.5 Å². The summed E-state index contributed by atoms with van der Waals surface area (Å²) in [4.78, 5) is 49.7. The number of nitrogens with one attached hydrogen (secondary N) is 1. The summed E-state index contributed by atoms with van der Waals surface area (Å²) in [5, 5.41) is 11.1. The summed E-state index contributed by atoms with van der Waals surface area (Å²) in [6, 6.07) is 1.97. The van der Waals surface area contributed by atoms with Crippen LogP contribution in [0.25, 0.3) is 6.08 Å². The van der Waals surface area contributed by atoms with E-state index in [0.717, 1.165) is 24.2 Å². The Kier molecular flexibility index (Phi) is 7.17. The Morgan fingerprint density at radius 3 is 2.58 bits per heavy atom. The van der Waals surface area contributed by atoms with Crippen LogP contribution in [-0.4, -0.2) is 53.1 Å². The van der Waals surface area contributed by atoms with Gasteiger partial charge in [-0.2, -0.15) is 0 Å². The first kappa shape index (κ1) is 22.6. The molecule has 1 aliphatic heterocycles.